The molecule has 7 nitrogen and oxygen atoms in total. The van der Waals surface area contributed by atoms with Crippen LogP contribution in [-0.2, 0) is 23.1 Å². The summed E-state index contributed by atoms with van der Waals surface area (Å²) in [5, 5.41) is 4.09. The number of methoxy groups -OCH3 is 1. The predicted molar refractivity (Wildman–Crippen MR) is 97.3 cm³/mol. The maximum Gasteiger partial charge on any atom is 0.241 e. The van der Waals surface area contributed by atoms with E-state index in [0.29, 0.717) is 17.9 Å². The van der Waals surface area contributed by atoms with Gasteiger partial charge in [-0.2, -0.15) is 5.10 Å². The summed E-state index contributed by atoms with van der Waals surface area (Å²) in [5.41, 5.74) is 2.50. The van der Waals surface area contributed by atoms with Gasteiger partial charge in [-0.05, 0) is 41.8 Å². The summed E-state index contributed by atoms with van der Waals surface area (Å²) in [7, 11) is -2.08. The number of hydrogen-bond acceptors (Lipinski definition) is 5. The Bertz CT molecular complexity index is 985. The van der Waals surface area contributed by atoms with Crippen LogP contribution >= 0.6 is 0 Å². The van der Waals surface area contributed by atoms with Gasteiger partial charge in [-0.3, -0.25) is 0 Å². The second kappa shape index (κ2) is 7.67. The first-order chi connectivity index (χ1) is 12.5. The van der Waals surface area contributed by atoms with Crippen molar-refractivity contribution < 1.29 is 13.2 Å². The normalized spacial score (nSPS) is 11.5. The van der Waals surface area contributed by atoms with Crippen LogP contribution in [0, 0.1) is 6.92 Å². The van der Waals surface area contributed by atoms with Gasteiger partial charge in [0, 0.05) is 6.54 Å². The molecule has 0 saturated carbocycles. The molecular formula is C18H20N4O3S. The number of benzene rings is 2. The smallest absolute Gasteiger partial charge is 0.241 e. The Hall–Kier alpha value is -2.71. The molecule has 136 valence electrons. The van der Waals surface area contributed by atoms with E-state index in [1.54, 1.807) is 43.2 Å². The van der Waals surface area contributed by atoms with Gasteiger partial charge in [0.2, 0.25) is 10.0 Å². The highest BCUT2D eigenvalue weighted by Crippen LogP contribution is 2.21. The van der Waals surface area contributed by atoms with E-state index in [1.807, 2.05) is 24.3 Å². The van der Waals surface area contributed by atoms with Gasteiger partial charge in [0.1, 0.15) is 18.4 Å². The molecule has 3 rings (SSSR count). The fourth-order valence-electron chi connectivity index (χ4n) is 2.67. The van der Waals surface area contributed by atoms with Crippen molar-refractivity contribution in [3.63, 3.8) is 0 Å². The van der Waals surface area contributed by atoms with Crippen molar-refractivity contribution in [2.75, 3.05) is 7.11 Å². The summed E-state index contributed by atoms with van der Waals surface area (Å²) in [6, 6.07) is 12.5. The van der Waals surface area contributed by atoms with Gasteiger partial charge >= 0.3 is 0 Å². The van der Waals surface area contributed by atoms with E-state index in [4.69, 9.17) is 4.74 Å². The molecule has 2 aromatic carbocycles. The highest BCUT2D eigenvalue weighted by atomic mass is 32.2. The number of aryl methyl sites for hydroxylation is 1. The minimum Gasteiger partial charge on any atom is -0.497 e. The lowest BCUT2D eigenvalue weighted by Gasteiger charge is -2.13. The zero-order valence-corrected chi connectivity index (χ0v) is 15.4. The molecule has 0 unspecified atom stereocenters. The van der Waals surface area contributed by atoms with E-state index in [2.05, 4.69) is 14.8 Å². The van der Waals surface area contributed by atoms with Crippen LogP contribution < -0.4 is 9.46 Å². The van der Waals surface area contributed by atoms with E-state index in [0.717, 1.165) is 11.1 Å². The van der Waals surface area contributed by atoms with Gasteiger partial charge in [0.25, 0.3) is 0 Å². The zero-order valence-electron chi connectivity index (χ0n) is 14.6. The van der Waals surface area contributed by atoms with Crippen molar-refractivity contribution >= 4 is 10.0 Å². The first-order valence-corrected chi connectivity index (χ1v) is 9.51. The number of hydrogen-bond donors (Lipinski definition) is 1. The number of ether oxygens (including phenoxy) is 1. The van der Waals surface area contributed by atoms with Crippen LogP contribution in [-0.4, -0.2) is 30.3 Å². The van der Waals surface area contributed by atoms with E-state index < -0.39 is 10.0 Å². The molecule has 26 heavy (non-hydrogen) atoms. The number of nitrogens with zero attached hydrogens (tertiary/aromatic N) is 3. The number of aromatic nitrogens is 3. The third-order valence-corrected chi connectivity index (χ3v) is 5.60. The topological polar surface area (TPSA) is 86.1 Å². The largest absolute Gasteiger partial charge is 0.497 e. The van der Waals surface area contributed by atoms with Crippen LogP contribution in [0.5, 0.6) is 5.75 Å². The summed E-state index contributed by atoms with van der Waals surface area (Å²) in [5.74, 6) is 0.625. The summed E-state index contributed by atoms with van der Waals surface area (Å²) in [4.78, 5) is 4.17. The maximum absolute atomic E-state index is 12.7. The van der Waals surface area contributed by atoms with Crippen molar-refractivity contribution in [1.82, 2.24) is 19.5 Å². The molecule has 0 aliphatic carbocycles. The molecule has 1 N–H and O–H groups in total. The van der Waals surface area contributed by atoms with Crippen molar-refractivity contribution in [2.24, 2.45) is 0 Å². The van der Waals surface area contributed by atoms with E-state index in [-0.39, 0.29) is 11.4 Å². The SMILES string of the molecule is COc1ccc(S(=O)(=O)NCc2ccccc2Cn2cncn2)c(C)c1. The molecule has 0 bridgehead atoms. The van der Waals surface area contributed by atoms with Gasteiger partial charge in [0.05, 0.1) is 18.6 Å². The average molecular weight is 372 g/mol. The standard InChI is InChI=1S/C18H20N4O3S/c1-14-9-17(25-2)7-8-18(14)26(23,24)21-10-15-5-3-4-6-16(15)11-22-13-19-12-20-22/h3-9,12-13,21H,10-11H2,1-2H3. The monoisotopic (exact) mass is 372 g/mol. The Labute approximate surface area is 152 Å². The minimum absolute atomic E-state index is 0.193. The lowest BCUT2D eigenvalue weighted by atomic mass is 10.1. The van der Waals surface area contributed by atoms with Crippen LogP contribution in [0.1, 0.15) is 16.7 Å². The molecule has 1 heterocycles. The first-order valence-electron chi connectivity index (χ1n) is 8.03. The second-order valence-corrected chi connectivity index (χ2v) is 7.55. The molecule has 0 saturated heterocycles. The Morgan fingerprint density at radius 2 is 1.92 bits per heavy atom. The fourth-order valence-corrected chi connectivity index (χ4v) is 3.91. The summed E-state index contributed by atoms with van der Waals surface area (Å²) in [6.45, 7) is 2.47. The first kappa shape index (κ1) is 18.1. The lowest BCUT2D eigenvalue weighted by molar-refractivity contribution is 0.414. The molecule has 0 fully saturated rings. The molecule has 0 spiro atoms. The van der Waals surface area contributed by atoms with Gasteiger partial charge in [-0.1, -0.05) is 24.3 Å². The molecule has 0 amide bonds. The number of sulfonamides is 1. The third kappa shape index (κ3) is 4.09. The summed E-state index contributed by atoms with van der Waals surface area (Å²) in [6.07, 6.45) is 3.10. The third-order valence-electron chi connectivity index (χ3n) is 4.04. The zero-order chi connectivity index (χ0) is 18.6. The molecule has 0 aliphatic heterocycles. The van der Waals surface area contributed by atoms with Crippen molar-refractivity contribution in [2.45, 2.75) is 24.9 Å². The van der Waals surface area contributed by atoms with E-state index in [9.17, 15) is 8.42 Å². The molecule has 0 aliphatic rings. The van der Waals surface area contributed by atoms with Crippen LogP contribution in [0.3, 0.4) is 0 Å². The molecular weight excluding hydrogens is 352 g/mol. The van der Waals surface area contributed by atoms with Crippen molar-refractivity contribution in [3.8, 4) is 5.75 Å². The molecule has 8 heteroatoms. The quantitative estimate of drug-likeness (QED) is 0.687. The van der Waals surface area contributed by atoms with Crippen LogP contribution in [0.4, 0.5) is 0 Å². The highest BCUT2D eigenvalue weighted by molar-refractivity contribution is 7.89. The van der Waals surface area contributed by atoms with E-state index >= 15 is 0 Å². The Balaban J connectivity index is 1.78. The molecule has 0 radical (unpaired) electrons. The Morgan fingerprint density at radius 3 is 2.58 bits per heavy atom. The van der Waals surface area contributed by atoms with Crippen molar-refractivity contribution in [3.05, 3.63) is 71.8 Å². The van der Waals surface area contributed by atoms with Gasteiger partial charge in [-0.15, -0.1) is 0 Å². The second-order valence-electron chi connectivity index (χ2n) is 5.82. The minimum atomic E-state index is -3.63. The van der Waals surface area contributed by atoms with Crippen LogP contribution in [0.2, 0.25) is 0 Å². The fraction of sp³-hybridized carbons (Fsp3) is 0.222. The van der Waals surface area contributed by atoms with Gasteiger partial charge < -0.3 is 4.74 Å². The Morgan fingerprint density at radius 1 is 1.15 bits per heavy atom. The summed E-state index contributed by atoms with van der Waals surface area (Å²) >= 11 is 0. The number of rotatable bonds is 7. The average Bonchev–Trinajstić information content (AvgIpc) is 3.13. The highest BCUT2D eigenvalue weighted by Gasteiger charge is 2.17. The Kier molecular flexibility index (Phi) is 5.34. The number of nitrogens with one attached hydrogen (secondary N) is 1. The summed E-state index contributed by atoms with van der Waals surface area (Å²) < 4.78 is 34.8. The maximum atomic E-state index is 12.7. The molecule has 0 atom stereocenters. The van der Waals surface area contributed by atoms with Crippen LogP contribution in [0.15, 0.2) is 60.0 Å². The predicted octanol–water partition coefficient (Wildman–Crippen LogP) is 2.12. The molecule has 3 aromatic rings. The van der Waals surface area contributed by atoms with E-state index in [1.165, 1.54) is 6.33 Å². The van der Waals surface area contributed by atoms with Gasteiger partial charge in [0.15, 0.2) is 0 Å². The van der Waals surface area contributed by atoms with Gasteiger partial charge in [-0.25, -0.2) is 22.8 Å². The van der Waals surface area contributed by atoms with Crippen LogP contribution in [0.25, 0.3) is 0 Å². The lowest BCUT2D eigenvalue weighted by Crippen LogP contribution is -2.24. The molecule has 1 aromatic heterocycles. The van der Waals surface area contributed by atoms with Crippen molar-refractivity contribution in [1.29, 1.82) is 0 Å².